The second kappa shape index (κ2) is 7.58. The van der Waals surface area contributed by atoms with E-state index in [1.54, 1.807) is 6.08 Å². The molecule has 0 aliphatic carbocycles. The molecule has 2 heterocycles. The maximum atomic E-state index is 12.3. The van der Waals surface area contributed by atoms with Crippen LogP contribution in [-0.2, 0) is 14.4 Å². The molecule has 2 atom stereocenters. The molecule has 0 aromatic heterocycles. The summed E-state index contributed by atoms with van der Waals surface area (Å²) in [5.41, 5.74) is 0.210. The molecule has 1 fully saturated rings. The Balaban J connectivity index is 1.35. The largest absolute Gasteiger partial charge is 0.341 e. The third-order valence-corrected chi connectivity index (χ3v) is 6.83. The summed E-state index contributed by atoms with van der Waals surface area (Å²) in [6.45, 7) is 0. The minimum Gasteiger partial charge on any atom is -0.341 e. The summed E-state index contributed by atoms with van der Waals surface area (Å²) in [4.78, 5) is 38.4. The Morgan fingerprint density at radius 1 is 1.22 bits per heavy atom. The van der Waals surface area contributed by atoms with Gasteiger partial charge in [-0.25, -0.2) is 0 Å². The van der Waals surface area contributed by atoms with Crippen LogP contribution in [0.1, 0.15) is 0 Å². The second-order valence-electron chi connectivity index (χ2n) is 6.14. The lowest BCUT2D eigenvalue weighted by Gasteiger charge is -2.48. The summed E-state index contributed by atoms with van der Waals surface area (Å²) >= 11 is 8.45. The summed E-state index contributed by atoms with van der Waals surface area (Å²) in [6.07, 6.45) is 1.64. The third-order valence-electron chi connectivity index (χ3n) is 4.46. The SMILES string of the molecule is O=C(CSc1ccc2ccccc2c1)NC1C(=O)N2C(C(=O)Cl)=CCSC12. The molecule has 2 amide bonds. The Morgan fingerprint density at radius 3 is 2.78 bits per heavy atom. The number of benzene rings is 2. The number of thioether (sulfide) groups is 2. The first-order valence-corrected chi connectivity index (χ1v) is 10.7. The number of β-lactam (4-membered cyclic amide) rings is 1. The van der Waals surface area contributed by atoms with E-state index in [2.05, 4.69) is 5.32 Å². The summed E-state index contributed by atoms with van der Waals surface area (Å²) < 4.78 is 0. The molecule has 27 heavy (non-hydrogen) atoms. The molecule has 2 aromatic rings. The van der Waals surface area contributed by atoms with Crippen LogP contribution < -0.4 is 5.32 Å². The zero-order chi connectivity index (χ0) is 19.0. The molecule has 2 aliphatic heterocycles. The van der Waals surface area contributed by atoms with Crippen molar-refractivity contribution in [3.63, 3.8) is 0 Å². The van der Waals surface area contributed by atoms with Crippen LogP contribution in [0.2, 0.25) is 0 Å². The highest BCUT2D eigenvalue weighted by molar-refractivity contribution is 8.00. The molecule has 0 radical (unpaired) electrons. The molecular weight excluding hydrogens is 404 g/mol. The summed E-state index contributed by atoms with van der Waals surface area (Å²) in [5.74, 6) is 0.299. The van der Waals surface area contributed by atoms with Crippen molar-refractivity contribution in [1.29, 1.82) is 0 Å². The van der Waals surface area contributed by atoms with Crippen molar-refractivity contribution < 1.29 is 14.4 Å². The van der Waals surface area contributed by atoms with E-state index in [4.69, 9.17) is 11.6 Å². The van der Waals surface area contributed by atoms with Gasteiger partial charge in [-0.3, -0.25) is 19.3 Å². The molecule has 2 aromatic carbocycles. The Bertz CT molecular complexity index is 978. The van der Waals surface area contributed by atoms with E-state index >= 15 is 0 Å². The van der Waals surface area contributed by atoms with Crippen LogP contribution in [0.15, 0.2) is 59.1 Å². The van der Waals surface area contributed by atoms with Gasteiger partial charge in [-0.15, -0.1) is 23.5 Å². The Morgan fingerprint density at radius 2 is 2.00 bits per heavy atom. The minimum atomic E-state index is -0.648. The Labute approximate surface area is 169 Å². The highest BCUT2D eigenvalue weighted by Gasteiger charge is 2.52. The fourth-order valence-electron chi connectivity index (χ4n) is 3.14. The summed E-state index contributed by atoms with van der Waals surface area (Å²) in [5, 5.41) is 4.14. The molecule has 2 unspecified atom stereocenters. The van der Waals surface area contributed by atoms with Crippen LogP contribution in [0, 0.1) is 0 Å². The fourth-order valence-corrected chi connectivity index (χ4v) is 5.26. The lowest BCUT2D eigenvalue weighted by atomic mass is 10.1. The second-order valence-corrected chi connectivity index (χ2v) is 8.68. The number of carbonyl (C=O) groups is 3. The van der Waals surface area contributed by atoms with Gasteiger partial charge in [-0.1, -0.05) is 30.3 Å². The van der Waals surface area contributed by atoms with Gasteiger partial charge in [0.05, 0.1) is 5.75 Å². The molecule has 138 valence electrons. The zero-order valence-electron chi connectivity index (χ0n) is 14.1. The topological polar surface area (TPSA) is 66.5 Å². The lowest BCUT2D eigenvalue weighted by molar-refractivity contribution is -0.146. The van der Waals surface area contributed by atoms with Crippen LogP contribution in [0.5, 0.6) is 0 Å². The van der Waals surface area contributed by atoms with Crippen LogP contribution in [0.3, 0.4) is 0 Å². The van der Waals surface area contributed by atoms with Crippen molar-refractivity contribution >= 4 is 63.0 Å². The number of rotatable bonds is 5. The van der Waals surface area contributed by atoms with Crippen molar-refractivity contribution in [2.45, 2.75) is 16.3 Å². The predicted molar refractivity (Wildman–Crippen MR) is 109 cm³/mol. The number of carbonyl (C=O) groups excluding carboxylic acids is 3. The summed E-state index contributed by atoms with van der Waals surface area (Å²) in [7, 11) is 0. The van der Waals surface area contributed by atoms with E-state index in [9.17, 15) is 14.4 Å². The quantitative estimate of drug-likeness (QED) is 0.459. The average molecular weight is 419 g/mol. The molecule has 4 rings (SSSR count). The Hall–Kier alpha value is -1.96. The number of allylic oxidation sites excluding steroid dienone is 1. The molecule has 0 spiro atoms. The Kier molecular flexibility index (Phi) is 5.16. The summed E-state index contributed by atoms with van der Waals surface area (Å²) in [6, 6.07) is 13.5. The van der Waals surface area contributed by atoms with Crippen LogP contribution >= 0.6 is 35.1 Å². The first-order chi connectivity index (χ1) is 13.0. The van der Waals surface area contributed by atoms with Gasteiger partial charge in [0.1, 0.15) is 17.1 Å². The highest BCUT2D eigenvalue weighted by atomic mass is 35.5. The van der Waals surface area contributed by atoms with Crippen molar-refractivity contribution in [2.24, 2.45) is 0 Å². The van der Waals surface area contributed by atoms with E-state index in [1.165, 1.54) is 28.4 Å². The van der Waals surface area contributed by atoms with Crippen molar-refractivity contribution in [2.75, 3.05) is 11.5 Å². The molecular formula is C19H15ClN2O3S2. The zero-order valence-corrected chi connectivity index (χ0v) is 16.4. The van der Waals surface area contributed by atoms with E-state index in [0.29, 0.717) is 5.75 Å². The fraction of sp³-hybridized carbons (Fsp3) is 0.211. The minimum absolute atomic E-state index is 0.208. The van der Waals surface area contributed by atoms with E-state index in [1.807, 2.05) is 42.5 Å². The number of fused-ring (bicyclic) bond motifs is 2. The monoisotopic (exact) mass is 418 g/mol. The smallest absolute Gasteiger partial charge is 0.268 e. The van der Waals surface area contributed by atoms with Crippen molar-refractivity contribution in [3.8, 4) is 0 Å². The van der Waals surface area contributed by atoms with E-state index in [0.717, 1.165) is 15.7 Å². The number of nitrogens with zero attached hydrogens (tertiary/aromatic N) is 1. The van der Waals surface area contributed by atoms with Gasteiger partial charge in [0.2, 0.25) is 5.91 Å². The molecule has 8 heteroatoms. The molecule has 1 N–H and O–H groups in total. The highest BCUT2D eigenvalue weighted by Crippen LogP contribution is 2.38. The number of hydrogen-bond acceptors (Lipinski definition) is 5. The molecule has 2 aliphatic rings. The lowest BCUT2D eigenvalue weighted by Crippen LogP contribution is -2.70. The van der Waals surface area contributed by atoms with Gasteiger partial charge in [-0.05, 0) is 40.6 Å². The molecule has 1 saturated heterocycles. The van der Waals surface area contributed by atoms with Crippen LogP contribution in [0.25, 0.3) is 10.8 Å². The maximum Gasteiger partial charge on any atom is 0.268 e. The standard InChI is InChI=1S/C19H15ClN2O3S2/c20-17(24)14-7-8-26-19-16(18(25)22(14)19)21-15(23)10-27-13-6-5-11-3-1-2-4-12(11)9-13/h1-7,9,16,19H,8,10H2,(H,21,23). The van der Waals surface area contributed by atoms with Gasteiger partial charge in [-0.2, -0.15) is 0 Å². The number of hydrogen-bond donors (Lipinski definition) is 1. The molecule has 5 nitrogen and oxygen atoms in total. The van der Waals surface area contributed by atoms with Gasteiger partial charge < -0.3 is 5.32 Å². The first kappa shape index (κ1) is 18.4. The maximum absolute atomic E-state index is 12.3. The molecule has 0 bridgehead atoms. The third kappa shape index (κ3) is 3.59. The van der Waals surface area contributed by atoms with Gasteiger partial charge in [0.15, 0.2) is 0 Å². The van der Waals surface area contributed by atoms with E-state index in [-0.39, 0.29) is 28.6 Å². The molecule has 0 saturated carbocycles. The van der Waals surface area contributed by atoms with Gasteiger partial charge >= 0.3 is 0 Å². The number of nitrogens with one attached hydrogen (secondary N) is 1. The predicted octanol–water partition coefficient (Wildman–Crippen LogP) is 2.98. The number of halogens is 1. The van der Waals surface area contributed by atoms with Crippen LogP contribution in [0.4, 0.5) is 0 Å². The van der Waals surface area contributed by atoms with Gasteiger partial charge in [0.25, 0.3) is 11.1 Å². The normalized spacial score (nSPS) is 21.3. The number of amides is 2. The van der Waals surface area contributed by atoms with Gasteiger partial charge in [0, 0.05) is 10.6 Å². The van der Waals surface area contributed by atoms with E-state index < -0.39 is 11.3 Å². The van der Waals surface area contributed by atoms with Crippen LogP contribution in [-0.4, -0.2) is 44.9 Å². The van der Waals surface area contributed by atoms with Crippen molar-refractivity contribution in [3.05, 3.63) is 54.2 Å². The van der Waals surface area contributed by atoms with Crippen molar-refractivity contribution in [1.82, 2.24) is 10.2 Å². The first-order valence-electron chi connectivity index (χ1n) is 8.30. The average Bonchev–Trinajstić information content (AvgIpc) is 2.69.